The summed E-state index contributed by atoms with van der Waals surface area (Å²) in [6.45, 7) is 4.22. The van der Waals surface area contributed by atoms with E-state index in [9.17, 15) is 9.59 Å². The lowest BCUT2D eigenvalue weighted by Crippen LogP contribution is -2.29. The minimum atomic E-state index is -0.221. The summed E-state index contributed by atoms with van der Waals surface area (Å²) in [5, 5.41) is 6.58. The number of benzene rings is 2. The third-order valence-corrected chi connectivity index (χ3v) is 6.42. The molecule has 1 aliphatic heterocycles. The van der Waals surface area contributed by atoms with E-state index in [1.165, 1.54) is 12.8 Å². The Labute approximate surface area is 189 Å². The second-order valence-corrected chi connectivity index (χ2v) is 8.60. The molecule has 6 heteroatoms. The summed E-state index contributed by atoms with van der Waals surface area (Å²) >= 11 is 0. The van der Waals surface area contributed by atoms with Crippen LogP contribution in [0.3, 0.4) is 0 Å². The maximum absolute atomic E-state index is 13.0. The number of carbonyl (C=O) groups is 2. The monoisotopic (exact) mass is 433 g/mol. The van der Waals surface area contributed by atoms with Gasteiger partial charge in [0.1, 0.15) is 0 Å². The Hall–Kier alpha value is -2.99. The van der Waals surface area contributed by atoms with Gasteiger partial charge < -0.3 is 10.5 Å². The molecule has 32 heavy (non-hydrogen) atoms. The summed E-state index contributed by atoms with van der Waals surface area (Å²) in [5.41, 5.74) is 10.9. The molecule has 2 aromatic rings. The number of ketones is 1. The molecule has 1 saturated heterocycles. The van der Waals surface area contributed by atoms with Crippen LogP contribution in [0.15, 0.2) is 47.6 Å². The molecule has 1 fully saturated rings. The van der Waals surface area contributed by atoms with Gasteiger partial charge in [0.05, 0.1) is 19.2 Å². The van der Waals surface area contributed by atoms with E-state index in [4.69, 9.17) is 10.5 Å². The van der Waals surface area contributed by atoms with E-state index >= 15 is 0 Å². The normalized spacial score (nSPS) is 20.4. The SMILES string of the molecule is CCOC(=O)CC1CCc2cc(C(=O)c3ccc(C=NN4CCCC4)cc3)ccc2C1N. The van der Waals surface area contributed by atoms with Gasteiger partial charge in [-0.3, -0.25) is 14.6 Å². The molecule has 0 saturated carbocycles. The topological polar surface area (TPSA) is 85.0 Å². The average molecular weight is 434 g/mol. The number of nitrogens with zero attached hydrogens (tertiary/aromatic N) is 2. The number of hydrazone groups is 1. The van der Waals surface area contributed by atoms with Crippen LogP contribution in [0.1, 0.15) is 71.3 Å². The van der Waals surface area contributed by atoms with E-state index in [1.54, 1.807) is 0 Å². The van der Waals surface area contributed by atoms with Crippen molar-refractivity contribution >= 4 is 18.0 Å². The van der Waals surface area contributed by atoms with Crippen LogP contribution in [0.25, 0.3) is 0 Å². The third kappa shape index (κ3) is 5.07. The highest BCUT2D eigenvalue weighted by Gasteiger charge is 2.29. The van der Waals surface area contributed by atoms with E-state index in [0.29, 0.717) is 24.2 Å². The van der Waals surface area contributed by atoms with Gasteiger partial charge in [-0.15, -0.1) is 0 Å². The maximum atomic E-state index is 13.0. The Morgan fingerprint density at radius 3 is 2.56 bits per heavy atom. The molecule has 4 rings (SSSR count). The van der Waals surface area contributed by atoms with Gasteiger partial charge in [-0.1, -0.05) is 36.4 Å². The molecule has 1 aliphatic carbocycles. The first-order valence-corrected chi connectivity index (χ1v) is 11.5. The zero-order chi connectivity index (χ0) is 22.5. The number of fused-ring (bicyclic) bond motifs is 1. The Balaban J connectivity index is 1.43. The lowest BCUT2D eigenvalue weighted by molar-refractivity contribution is -0.144. The summed E-state index contributed by atoms with van der Waals surface area (Å²) in [7, 11) is 0. The first-order valence-electron chi connectivity index (χ1n) is 11.5. The number of hydrogen-bond donors (Lipinski definition) is 1. The number of rotatable bonds is 7. The van der Waals surface area contributed by atoms with Crippen molar-refractivity contribution in [1.82, 2.24) is 5.01 Å². The van der Waals surface area contributed by atoms with Gasteiger partial charge in [-0.05, 0) is 61.3 Å². The number of nitrogens with two attached hydrogens (primary N) is 1. The number of carbonyl (C=O) groups excluding carboxylic acids is 2. The minimum Gasteiger partial charge on any atom is -0.466 e. The van der Waals surface area contributed by atoms with Crippen LogP contribution in [0.2, 0.25) is 0 Å². The number of ether oxygens (including phenoxy) is 1. The van der Waals surface area contributed by atoms with Gasteiger partial charge in [-0.2, -0.15) is 5.10 Å². The van der Waals surface area contributed by atoms with Crippen molar-refractivity contribution in [3.05, 3.63) is 70.3 Å². The van der Waals surface area contributed by atoms with Crippen molar-refractivity contribution in [1.29, 1.82) is 0 Å². The molecule has 6 nitrogen and oxygen atoms in total. The van der Waals surface area contributed by atoms with Crippen molar-refractivity contribution in [3.63, 3.8) is 0 Å². The second kappa shape index (κ2) is 10.1. The first kappa shape index (κ1) is 22.2. The molecule has 0 aromatic heterocycles. The predicted molar refractivity (Wildman–Crippen MR) is 125 cm³/mol. The van der Waals surface area contributed by atoms with Crippen LogP contribution in [0.4, 0.5) is 0 Å². The van der Waals surface area contributed by atoms with E-state index in [1.807, 2.05) is 55.6 Å². The first-order chi connectivity index (χ1) is 15.5. The molecule has 2 atom stereocenters. The van der Waals surface area contributed by atoms with Gasteiger partial charge in [-0.25, -0.2) is 0 Å². The van der Waals surface area contributed by atoms with Crippen molar-refractivity contribution < 1.29 is 14.3 Å². The Bertz CT molecular complexity index is 994. The van der Waals surface area contributed by atoms with Gasteiger partial charge in [0.2, 0.25) is 0 Å². The maximum Gasteiger partial charge on any atom is 0.306 e. The van der Waals surface area contributed by atoms with Crippen LogP contribution in [0, 0.1) is 5.92 Å². The summed E-state index contributed by atoms with van der Waals surface area (Å²) in [4.78, 5) is 24.9. The largest absolute Gasteiger partial charge is 0.466 e. The molecule has 2 N–H and O–H groups in total. The molecular weight excluding hydrogens is 402 g/mol. The van der Waals surface area contributed by atoms with Crippen molar-refractivity contribution in [2.45, 2.75) is 45.1 Å². The Morgan fingerprint density at radius 2 is 1.84 bits per heavy atom. The standard InChI is InChI=1S/C26H31N3O3/c1-2-32-24(30)16-21-10-9-20-15-22(11-12-23(20)25(21)27)26(31)19-7-5-18(6-8-19)17-28-29-13-3-4-14-29/h5-8,11-12,15,17,21,25H,2-4,9-10,13-14,16,27H2,1H3. The molecule has 0 bridgehead atoms. The van der Waals surface area contributed by atoms with Gasteiger partial charge >= 0.3 is 5.97 Å². The van der Waals surface area contributed by atoms with Gasteiger partial charge in [0.25, 0.3) is 0 Å². The fourth-order valence-corrected chi connectivity index (χ4v) is 4.58. The van der Waals surface area contributed by atoms with Crippen molar-refractivity contribution in [3.8, 4) is 0 Å². The molecule has 1 heterocycles. The molecule has 0 spiro atoms. The van der Waals surface area contributed by atoms with Gasteiger partial charge in [0, 0.05) is 30.3 Å². The van der Waals surface area contributed by atoms with E-state index < -0.39 is 0 Å². The number of esters is 1. The summed E-state index contributed by atoms with van der Waals surface area (Å²) in [6.07, 6.45) is 6.20. The van der Waals surface area contributed by atoms with E-state index in [2.05, 4.69) is 10.1 Å². The fraction of sp³-hybridized carbons (Fsp3) is 0.423. The molecule has 2 aromatic carbocycles. The lowest BCUT2D eigenvalue weighted by atomic mass is 9.78. The van der Waals surface area contributed by atoms with Crippen molar-refractivity contribution in [2.75, 3.05) is 19.7 Å². The second-order valence-electron chi connectivity index (χ2n) is 8.60. The molecule has 2 unspecified atom stereocenters. The quantitative estimate of drug-likeness (QED) is 0.407. The summed E-state index contributed by atoms with van der Waals surface area (Å²) in [5.74, 6) is -0.131. The highest BCUT2D eigenvalue weighted by Crippen LogP contribution is 2.35. The van der Waals surface area contributed by atoms with Crippen molar-refractivity contribution in [2.24, 2.45) is 16.8 Å². The Kier molecular flexibility index (Phi) is 7.00. The predicted octanol–water partition coefficient (Wildman–Crippen LogP) is 3.86. The van der Waals surface area contributed by atoms with E-state index in [-0.39, 0.29) is 23.7 Å². The molecule has 0 amide bonds. The minimum absolute atomic E-state index is 0.00181. The third-order valence-electron chi connectivity index (χ3n) is 6.42. The molecule has 2 aliphatic rings. The lowest BCUT2D eigenvalue weighted by Gasteiger charge is -2.30. The smallest absolute Gasteiger partial charge is 0.306 e. The highest BCUT2D eigenvalue weighted by atomic mass is 16.5. The van der Waals surface area contributed by atoms with Crippen LogP contribution in [-0.4, -0.2) is 42.7 Å². The highest BCUT2D eigenvalue weighted by molar-refractivity contribution is 6.09. The Morgan fingerprint density at radius 1 is 1.12 bits per heavy atom. The zero-order valence-corrected chi connectivity index (χ0v) is 18.6. The molecule has 0 radical (unpaired) electrons. The van der Waals surface area contributed by atoms with E-state index in [0.717, 1.165) is 42.6 Å². The average Bonchev–Trinajstić information content (AvgIpc) is 3.33. The fourth-order valence-electron chi connectivity index (χ4n) is 4.58. The number of aryl methyl sites for hydroxylation is 1. The van der Waals surface area contributed by atoms with Crippen LogP contribution >= 0.6 is 0 Å². The summed E-state index contributed by atoms with van der Waals surface area (Å²) in [6, 6.07) is 13.1. The zero-order valence-electron chi connectivity index (χ0n) is 18.6. The van der Waals surface area contributed by atoms with Crippen LogP contribution < -0.4 is 5.73 Å². The van der Waals surface area contributed by atoms with Gasteiger partial charge in [0.15, 0.2) is 5.78 Å². The summed E-state index contributed by atoms with van der Waals surface area (Å²) < 4.78 is 5.08. The van der Waals surface area contributed by atoms with Crippen LogP contribution in [0.5, 0.6) is 0 Å². The molecular formula is C26H31N3O3. The van der Waals surface area contributed by atoms with Crippen LogP contribution in [-0.2, 0) is 16.0 Å². The number of hydrogen-bond acceptors (Lipinski definition) is 6. The molecule has 168 valence electrons.